The van der Waals surface area contributed by atoms with Crippen LogP contribution >= 0.6 is 0 Å². The molecule has 0 spiro atoms. The average Bonchev–Trinajstić information content (AvgIpc) is 2.67. The van der Waals surface area contributed by atoms with Crippen molar-refractivity contribution in [1.29, 1.82) is 0 Å². The molecule has 2 aromatic carbocycles. The van der Waals surface area contributed by atoms with Crippen molar-refractivity contribution >= 4 is 14.7 Å². The Morgan fingerprint density at radius 3 is 2.04 bits per heavy atom. The zero-order chi connectivity index (χ0) is 17.6. The number of hydrogen-bond donors (Lipinski definition) is 0. The maximum Gasteiger partial charge on any atom is 0.119 e. The Morgan fingerprint density at radius 1 is 0.720 bits per heavy atom. The molecule has 0 aliphatic carbocycles. The molecular formula is C23H32OSi. The second kappa shape index (κ2) is 12.8. The van der Waals surface area contributed by atoms with Gasteiger partial charge in [-0.05, 0) is 17.7 Å². The Morgan fingerprint density at radius 2 is 1.36 bits per heavy atom. The van der Waals surface area contributed by atoms with Crippen LogP contribution in [0.3, 0.4) is 0 Å². The third kappa shape index (κ3) is 8.92. The monoisotopic (exact) mass is 352 g/mol. The third-order valence-electron chi connectivity index (χ3n) is 4.46. The van der Waals surface area contributed by atoms with Gasteiger partial charge in [-0.3, -0.25) is 0 Å². The highest BCUT2D eigenvalue weighted by Gasteiger charge is 1.99. The lowest BCUT2D eigenvalue weighted by Crippen LogP contribution is -2.12. The van der Waals surface area contributed by atoms with Crippen molar-refractivity contribution in [2.75, 3.05) is 0 Å². The summed E-state index contributed by atoms with van der Waals surface area (Å²) < 4.78 is 5.85. The van der Waals surface area contributed by atoms with Gasteiger partial charge < -0.3 is 4.74 Å². The zero-order valence-electron chi connectivity index (χ0n) is 15.7. The number of benzene rings is 2. The molecule has 2 rings (SSSR count). The van der Waals surface area contributed by atoms with E-state index < -0.39 is 0 Å². The smallest absolute Gasteiger partial charge is 0.119 e. The average molecular weight is 353 g/mol. The summed E-state index contributed by atoms with van der Waals surface area (Å²) in [5, 5.41) is 1.45. The molecule has 0 heterocycles. The molecule has 0 aliphatic heterocycles. The molecule has 0 fully saturated rings. The lowest BCUT2D eigenvalue weighted by molar-refractivity contribution is 0.306. The SMILES string of the molecule is CCCCCCCCCC[Si]c1ccc(OCc2ccccc2)cc1. The van der Waals surface area contributed by atoms with Crippen LogP contribution in [0, 0.1) is 0 Å². The first-order valence-electron chi connectivity index (χ1n) is 9.89. The van der Waals surface area contributed by atoms with Crippen molar-refractivity contribution in [1.82, 2.24) is 0 Å². The summed E-state index contributed by atoms with van der Waals surface area (Å²) in [5.41, 5.74) is 1.21. The minimum absolute atomic E-state index is 0.640. The van der Waals surface area contributed by atoms with Crippen LogP contribution in [0.5, 0.6) is 5.75 Å². The Bertz CT molecular complexity index is 550. The summed E-state index contributed by atoms with van der Waals surface area (Å²) in [7, 11) is 0.932. The molecular weight excluding hydrogens is 320 g/mol. The standard InChI is InChI=1S/C23H32OSi/c1-2-3-4-5-6-7-8-12-19-25-23-17-15-22(16-18-23)24-20-21-13-10-9-11-14-21/h9-11,13-18H,2-8,12,19-20H2,1H3. The van der Waals surface area contributed by atoms with Crippen molar-refractivity contribution in [3.63, 3.8) is 0 Å². The van der Waals surface area contributed by atoms with Gasteiger partial charge in [0.15, 0.2) is 0 Å². The summed E-state index contributed by atoms with van der Waals surface area (Å²) in [5.74, 6) is 0.962. The molecule has 0 atom stereocenters. The van der Waals surface area contributed by atoms with Crippen LogP contribution in [-0.4, -0.2) is 9.52 Å². The topological polar surface area (TPSA) is 9.23 Å². The summed E-state index contributed by atoms with van der Waals surface area (Å²) in [6.07, 6.45) is 11.2. The van der Waals surface area contributed by atoms with Gasteiger partial charge in [0.25, 0.3) is 0 Å². The quantitative estimate of drug-likeness (QED) is 0.310. The van der Waals surface area contributed by atoms with E-state index in [1.54, 1.807) is 0 Å². The molecule has 0 saturated carbocycles. The molecule has 0 saturated heterocycles. The third-order valence-corrected chi connectivity index (χ3v) is 5.81. The lowest BCUT2D eigenvalue weighted by atomic mass is 10.1. The van der Waals surface area contributed by atoms with Crippen molar-refractivity contribution < 1.29 is 4.74 Å². The highest BCUT2D eigenvalue weighted by Crippen LogP contribution is 2.12. The Labute approximate surface area is 156 Å². The minimum atomic E-state index is 0.640. The first-order valence-corrected chi connectivity index (χ1v) is 11.1. The van der Waals surface area contributed by atoms with Crippen LogP contribution in [-0.2, 0) is 6.61 Å². The van der Waals surface area contributed by atoms with E-state index in [0.29, 0.717) is 6.61 Å². The van der Waals surface area contributed by atoms with E-state index in [9.17, 15) is 0 Å². The maximum absolute atomic E-state index is 5.85. The van der Waals surface area contributed by atoms with E-state index >= 15 is 0 Å². The van der Waals surface area contributed by atoms with Gasteiger partial charge in [-0.15, -0.1) is 0 Å². The fourth-order valence-corrected chi connectivity index (χ4v) is 4.02. The second-order valence-corrected chi connectivity index (χ2v) is 8.13. The molecule has 0 bridgehead atoms. The molecule has 0 amide bonds. The molecule has 134 valence electrons. The summed E-state index contributed by atoms with van der Waals surface area (Å²) >= 11 is 0. The highest BCUT2D eigenvalue weighted by atomic mass is 28.2. The molecule has 0 N–H and O–H groups in total. The highest BCUT2D eigenvalue weighted by molar-refractivity contribution is 6.53. The molecule has 2 radical (unpaired) electrons. The molecule has 1 nitrogen and oxygen atoms in total. The molecule has 2 aromatic rings. The summed E-state index contributed by atoms with van der Waals surface area (Å²) in [4.78, 5) is 0. The predicted molar refractivity (Wildman–Crippen MR) is 110 cm³/mol. The van der Waals surface area contributed by atoms with Crippen molar-refractivity contribution in [3.8, 4) is 5.75 Å². The van der Waals surface area contributed by atoms with Crippen molar-refractivity contribution in [2.24, 2.45) is 0 Å². The van der Waals surface area contributed by atoms with Crippen LogP contribution in [0.25, 0.3) is 0 Å². The Hall–Kier alpha value is -1.54. The Kier molecular flexibility index (Phi) is 10.1. The fraction of sp³-hybridized carbons (Fsp3) is 0.478. The van der Waals surface area contributed by atoms with Crippen LogP contribution in [0.1, 0.15) is 63.9 Å². The van der Waals surface area contributed by atoms with E-state index in [4.69, 9.17) is 4.74 Å². The van der Waals surface area contributed by atoms with Crippen molar-refractivity contribution in [3.05, 3.63) is 60.2 Å². The van der Waals surface area contributed by atoms with E-state index in [2.05, 4.69) is 43.3 Å². The normalized spacial score (nSPS) is 10.8. The van der Waals surface area contributed by atoms with Gasteiger partial charge in [-0.25, -0.2) is 0 Å². The van der Waals surface area contributed by atoms with Gasteiger partial charge >= 0.3 is 0 Å². The number of hydrogen-bond acceptors (Lipinski definition) is 1. The first-order chi connectivity index (χ1) is 12.4. The molecule has 2 heteroatoms. The lowest BCUT2D eigenvalue weighted by Gasteiger charge is -2.07. The predicted octanol–water partition coefficient (Wildman–Crippen LogP) is 6.15. The van der Waals surface area contributed by atoms with E-state index in [1.165, 1.54) is 68.2 Å². The number of ether oxygens (including phenoxy) is 1. The fourth-order valence-electron chi connectivity index (χ4n) is 2.90. The zero-order valence-corrected chi connectivity index (χ0v) is 16.7. The van der Waals surface area contributed by atoms with E-state index in [-0.39, 0.29) is 0 Å². The summed E-state index contributed by atoms with van der Waals surface area (Å²) in [6, 6.07) is 20.3. The van der Waals surface area contributed by atoms with E-state index in [1.807, 2.05) is 18.2 Å². The van der Waals surface area contributed by atoms with Gasteiger partial charge in [0.1, 0.15) is 12.4 Å². The molecule has 0 aromatic heterocycles. The molecule has 0 aliphatic rings. The van der Waals surface area contributed by atoms with Crippen LogP contribution in [0.2, 0.25) is 6.04 Å². The van der Waals surface area contributed by atoms with Crippen molar-refractivity contribution in [2.45, 2.75) is 70.9 Å². The van der Waals surface area contributed by atoms with Crippen LogP contribution in [0.4, 0.5) is 0 Å². The second-order valence-electron chi connectivity index (χ2n) is 6.70. The number of rotatable bonds is 13. The Balaban J connectivity index is 1.54. The van der Waals surface area contributed by atoms with Gasteiger partial charge in [0.05, 0.1) is 9.52 Å². The molecule has 0 unspecified atom stereocenters. The number of unbranched alkanes of at least 4 members (excludes halogenated alkanes) is 7. The molecule has 25 heavy (non-hydrogen) atoms. The van der Waals surface area contributed by atoms with Gasteiger partial charge in [0, 0.05) is 0 Å². The minimum Gasteiger partial charge on any atom is -0.489 e. The first kappa shape index (κ1) is 19.8. The maximum atomic E-state index is 5.85. The van der Waals surface area contributed by atoms with Gasteiger partial charge in [0.2, 0.25) is 0 Å². The van der Waals surface area contributed by atoms with E-state index in [0.717, 1.165) is 15.3 Å². The summed E-state index contributed by atoms with van der Waals surface area (Å²) in [6.45, 7) is 2.92. The largest absolute Gasteiger partial charge is 0.489 e. The van der Waals surface area contributed by atoms with Crippen LogP contribution in [0.15, 0.2) is 54.6 Å². The van der Waals surface area contributed by atoms with Gasteiger partial charge in [-0.1, -0.05) is 112 Å². The van der Waals surface area contributed by atoms with Crippen LogP contribution < -0.4 is 9.92 Å². The van der Waals surface area contributed by atoms with Gasteiger partial charge in [-0.2, -0.15) is 0 Å².